The molecule has 19 heavy (non-hydrogen) atoms. The molecule has 6 heteroatoms. The van der Waals surface area contributed by atoms with E-state index in [4.69, 9.17) is 4.42 Å². The highest BCUT2D eigenvalue weighted by Crippen LogP contribution is 2.21. The van der Waals surface area contributed by atoms with Crippen molar-refractivity contribution in [3.05, 3.63) is 53.0 Å². The molecule has 5 nitrogen and oxygen atoms in total. The molecule has 3 heterocycles. The molecule has 3 aromatic rings. The third kappa shape index (κ3) is 2.22. The molecule has 3 rings (SSSR count). The smallest absolute Gasteiger partial charge is 0.168 e. The number of rotatable bonds is 3. The van der Waals surface area contributed by atoms with Crippen LogP contribution in [0, 0.1) is 0 Å². The molecule has 0 saturated carbocycles. The largest absolute Gasteiger partial charge is 0.463 e. The van der Waals surface area contributed by atoms with Crippen molar-refractivity contribution in [1.29, 1.82) is 0 Å². The van der Waals surface area contributed by atoms with Gasteiger partial charge in [0.05, 0.1) is 6.26 Å². The molecular weight excluding hydrogens is 310 g/mol. The van der Waals surface area contributed by atoms with Crippen LogP contribution in [0.3, 0.4) is 0 Å². The van der Waals surface area contributed by atoms with E-state index in [1.165, 1.54) is 4.68 Å². The number of carbonyl (C=O) groups is 1. The molecule has 0 bridgehead atoms. The van der Waals surface area contributed by atoms with Crippen molar-refractivity contribution < 1.29 is 9.21 Å². The Kier molecular flexibility index (Phi) is 3.00. The summed E-state index contributed by atoms with van der Waals surface area (Å²) in [5, 5.41) is 4.34. The zero-order valence-electron chi connectivity index (χ0n) is 9.65. The second kappa shape index (κ2) is 4.81. The average Bonchev–Trinajstić information content (AvgIpc) is 3.08. The van der Waals surface area contributed by atoms with Gasteiger partial charge in [-0.25, -0.2) is 9.67 Å². The third-order valence-electron chi connectivity index (χ3n) is 2.56. The summed E-state index contributed by atoms with van der Waals surface area (Å²) in [7, 11) is 0. The lowest BCUT2D eigenvalue weighted by molar-refractivity contribution is 0.111. The van der Waals surface area contributed by atoms with Gasteiger partial charge in [0.15, 0.2) is 17.9 Å². The highest BCUT2D eigenvalue weighted by atomic mass is 79.9. The van der Waals surface area contributed by atoms with Gasteiger partial charge < -0.3 is 4.42 Å². The van der Waals surface area contributed by atoms with Crippen LogP contribution in [0.1, 0.15) is 10.5 Å². The van der Waals surface area contributed by atoms with Gasteiger partial charge in [-0.2, -0.15) is 5.10 Å². The van der Waals surface area contributed by atoms with E-state index in [2.05, 4.69) is 26.0 Å². The summed E-state index contributed by atoms with van der Waals surface area (Å²) >= 11 is 3.31. The standard InChI is InChI=1S/C13H8BrN3O2/c14-9-3-4-13(15-7-9)17-10(8-18)6-11(16-17)12-2-1-5-19-12/h1-8H. The Morgan fingerprint density at radius 2 is 2.21 bits per heavy atom. The van der Waals surface area contributed by atoms with E-state index < -0.39 is 0 Å². The van der Waals surface area contributed by atoms with Crippen LogP contribution in [0.5, 0.6) is 0 Å². The maximum atomic E-state index is 11.1. The monoisotopic (exact) mass is 317 g/mol. The van der Waals surface area contributed by atoms with Gasteiger partial charge in [-0.1, -0.05) is 0 Å². The zero-order chi connectivity index (χ0) is 13.2. The lowest BCUT2D eigenvalue weighted by atomic mass is 10.3. The van der Waals surface area contributed by atoms with Gasteiger partial charge >= 0.3 is 0 Å². The fourth-order valence-electron chi connectivity index (χ4n) is 1.70. The summed E-state index contributed by atoms with van der Waals surface area (Å²) in [5.74, 6) is 1.18. The Bertz CT molecular complexity index is 702. The number of aldehydes is 1. The maximum absolute atomic E-state index is 11.1. The lowest BCUT2D eigenvalue weighted by Crippen LogP contribution is -2.03. The fourth-order valence-corrected chi connectivity index (χ4v) is 1.94. The molecule has 0 aromatic carbocycles. The summed E-state index contributed by atoms with van der Waals surface area (Å²) in [4.78, 5) is 15.3. The van der Waals surface area contributed by atoms with E-state index in [1.54, 1.807) is 36.7 Å². The number of hydrogen-bond acceptors (Lipinski definition) is 4. The number of nitrogens with zero attached hydrogens (tertiary/aromatic N) is 3. The predicted molar refractivity (Wildman–Crippen MR) is 72.1 cm³/mol. The van der Waals surface area contributed by atoms with E-state index in [0.717, 1.165) is 10.8 Å². The van der Waals surface area contributed by atoms with Gasteiger partial charge in [0.1, 0.15) is 11.4 Å². The zero-order valence-corrected chi connectivity index (χ0v) is 11.2. The lowest BCUT2D eigenvalue weighted by Gasteiger charge is -2.01. The molecule has 0 fully saturated rings. The highest BCUT2D eigenvalue weighted by molar-refractivity contribution is 9.10. The second-order valence-corrected chi connectivity index (χ2v) is 4.71. The van der Waals surface area contributed by atoms with Crippen LogP contribution in [0.2, 0.25) is 0 Å². The SMILES string of the molecule is O=Cc1cc(-c2ccco2)nn1-c1ccc(Br)cn1. The Morgan fingerprint density at radius 3 is 2.84 bits per heavy atom. The number of furan rings is 1. The first-order valence-corrected chi connectivity index (χ1v) is 6.28. The maximum Gasteiger partial charge on any atom is 0.168 e. The molecule has 94 valence electrons. The predicted octanol–water partition coefficient (Wildman–Crippen LogP) is 3.10. The summed E-state index contributed by atoms with van der Waals surface area (Å²) < 4.78 is 7.61. The molecule has 0 aliphatic rings. The number of aromatic nitrogens is 3. The third-order valence-corrected chi connectivity index (χ3v) is 3.03. The molecular formula is C13H8BrN3O2. The Balaban J connectivity index is 2.10. The molecule has 0 aliphatic carbocycles. The minimum absolute atomic E-state index is 0.418. The first-order valence-electron chi connectivity index (χ1n) is 5.49. The van der Waals surface area contributed by atoms with Crippen molar-refractivity contribution in [3.8, 4) is 17.3 Å². The normalized spacial score (nSPS) is 10.6. The van der Waals surface area contributed by atoms with Crippen LogP contribution >= 0.6 is 15.9 Å². The Hall–Kier alpha value is -2.21. The van der Waals surface area contributed by atoms with Crippen LogP contribution in [0.4, 0.5) is 0 Å². The highest BCUT2D eigenvalue weighted by Gasteiger charge is 2.12. The van der Waals surface area contributed by atoms with E-state index >= 15 is 0 Å². The molecule has 0 N–H and O–H groups in total. The Morgan fingerprint density at radius 1 is 1.32 bits per heavy atom. The average molecular weight is 318 g/mol. The number of carbonyl (C=O) groups excluding carboxylic acids is 1. The van der Waals surface area contributed by atoms with Gasteiger partial charge in [-0.3, -0.25) is 4.79 Å². The van der Waals surface area contributed by atoms with Gasteiger partial charge in [-0.05, 0) is 46.3 Å². The number of hydrogen-bond donors (Lipinski definition) is 0. The fraction of sp³-hybridized carbons (Fsp3) is 0. The summed E-state index contributed by atoms with van der Waals surface area (Å²) in [6.07, 6.45) is 3.95. The Labute approximate surface area is 117 Å². The van der Waals surface area contributed by atoms with Crippen molar-refractivity contribution in [2.45, 2.75) is 0 Å². The molecule has 0 spiro atoms. The minimum atomic E-state index is 0.418. The molecule has 0 radical (unpaired) electrons. The molecule has 0 amide bonds. The van der Waals surface area contributed by atoms with E-state index in [0.29, 0.717) is 23.0 Å². The quantitative estimate of drug-likeness (QED) is 0.696. The van der Waals surface area contributed by atoms with Crippen LogP contribution in [-0.4, -0.2) is 21.1 Å². The molecule has 3 aromatic heterocycles. The van der Waals surface area contributed by atoms with Crippen molar-refractivity contribution >= 4 is 22.2 Å². The summed E-state index contributed by atoms with van der Waals surface area (Å²) in [6, 6.07) is 8.83. The van der Waals surface area contributed by atoms with E-state index in [1.807, 2.05) is 6.07 Å². The van der Waals surface area contributed by atoms with Crippen molar-refractivity contribution in [2.24, 2.45) is 0 Å². The topological polar surface area (TPSA) is 60.9 Å². The van der Waals surface area contributed by atoms with Crippen LogP contribution in [-0.2, 0) is 0 Å². The van der Waals surface area contributed by atoms with E-state index in [9.17, 15) is 4.79 Å². The number of halogens is 1. The van der Waals surface area contributed by atoms with Crippen molar-refractivity contribution in [3.63, 3.8) is 0 Å². The van der Waals surface area contributed by atoms with Crippen LogP contribution in [0.25, 0.3) is 17.3 Å². The molecule has 0 atom stereocenters. The second-order valence-electron chi connectivity index (χ2n) is 3.80. The van der Waals surface area contributed by atoms with Gasteiger partial charge in [0, 0.05) is 10.7 Å². The van der Waals surface area contributed by atoms with Gasteiger partial charge in [0.25, 0.3) is 0 Å². The summed E-state index contributed by atoms with van der Waals surface area (Å²) in [5.41, 5.74) is 1.01. The van der Waals surface area contributed by atoms with Crippen LogP contribution in [0.15, 0.2) is 51.7 Å². The van der Waals surface area contributed by atoms with Crippen LogP contribution < -0.4 is 0 Å². The number of pyridine rings is 1. The molecule has 0 aliphatic heterocycles. The van der Waals surface area contributed by atoms with Crippen molar-refractivity contribution in [1.82, 2.24) is 14.8 Å². The summed E-state index contributed by atoms with van der Waals surface area (Å²) in [6.45, 7) is 0. The first kappa shape index (κ1) is 11.9. The molecule has 0 saturated heterocycles. The van der Waals surface area contributed by atoms with Gasteiger partial charge in [-0.15, -0.1) is 0 Å². The van der Waals surface area contributed by atoms with Gasteiger partial charge in [0.2, 0.25) is 0 Å². The van der Waals surface area contributed by atoms with E-state index in [-0.39, 0.29) is 0 Å². The minimum Gasteiger partial charge on any atom is -0.463 e. The first-order chi connectivity index (χ1) is 9.28. The molecule has 0 unspecified atom stereocenters. The van der Waals surface area contributed by atoms with Crippen molar-refractivity contribution in [2.75, 3.05) is 0 Å².